The third-order valence-corrected chi connectivity index (χ3v) is 4.67. The molecule has 0 saturated carbocycles. The molecule has 27 heavy (non-hydrogen) atoms. The normalized spacial score (nSPS) is 12.0. The van der Waals surface area contributed by atoms with Crippen LogP contribution < -0.4 is 10.4 Å². The van der Waals surface area contributed by atoms with E-state index in [1.807, 2.05) is 50.2 Å². The van der Waals surface area contributed by atoms with Crippen molar-refractivity contribution in [3.63, 3.8) is 0 Å². The van der Waals surface area contributed by atoms with E-state index in [4.69, 9.17) is 13.9 Å². The summed E-state index contributed by atoms with van der Waals surface area (Å²) in [5.41, 5.74) is 2.92. The van der Waals surface area contributed by atoms with E-state index in [1.54, 1.807) is 19.9 Å². The summed E-state index contributed by atoms with van der Waals surface area (Å²) in [5.74, 6) is 0.000505. The molecule has 5 heteroatoms. The molecule has 0 aliphatic heterocycles. The van der Waals surface area contributed by atoms with Gasteiger partial charge in [-0.05, 0) is 45.4 Å². The maximum absolute atomic E-state index is 12.5. The second kappa shape index (κ2) is 7.66. The van der Waals surface area contributed by atoms with Gasteiger partial charge in [0, 0.05) is 22.1 Å². The van der Waals surface area contributed by atoms with Crippen molar-refractivity contribution < 1.29 is 18.7 Å². The highest BCUT2D eigenvalue weighted by Gasteiger charge is 2.25. The van der Waals surface area contributed by atoms with Crippen molar-refractivity contribution in [1.29, 1.82) is 0 Å². The molecule has 0 amide bonds. The van der Waals surface area contributed by atoms with Crippen LogP contribution in [-0.4, -0.2) is 12.6 Å². The first-order chi connectivity index (χ1) is 12.9. The topological polar surface area (TPSA) is 65.7 Å². The lowest BCUT2D eigenvalue weighted by molar-refractivity contribution is -0.151. The van der Waals surface area contributed by atoms with Gasteiger partial charge >= 0.3 is 11.6 Å². The number of carbonyl (C=O) groups is 1. The zero-order valence-corrected chi connectivity index (χ0v) is 15.9. The number of hydrogen-bond acceptors (Lipinski definition) is 5. The van der Waals surface area contributed by atoms with Gasteiger partial charge in [0.15, 0.2) is 0 Å². The Morgan fingerprint density at radius 1 is 1.00 bits per heavy atom. The fraction of sp³-hybridized carbons (Fsp3) is 0.273. The van der Waals surface area contributed by atoms with Gasteiger partial charge in [-0.3, -0.25) is 0 Å². The summed E-state index contributed by atoms with van der Waals surface area (Å²) < 4.78 is 16.7. The highest BCUT2D eigenvalue weighted by atomic mass is 16.6. The summed E-state index contributed by atoms with van der Waals surface area (Å²) in [5, 5.41) is 0.851. The van der Waals surface area contributed by atoms with Gasteiger partial charge in [0.1, 0.15) is 11.3 Å². The molecule has 2 aromatic carbocycles. The van der Waals surface area contributed by atoms with E-state index in [1.165, 1.54) is 0 Å². The number of aryl methyl sites for hydroxylation is 2. The molecule has 140 valence electrons. The minimum Gasteiger partial charge on any atom is -0.474 e. The number of carbonyl (C=O) groups excluding carboxylic acids is 1. The number of esters is 1. The Bertz CT molecular complexity index is 1030. The molecular formula is C22H22O5. The molecule has 1 aromatic heterocycles. The summed E-state index contributed by atoms with van der Waals surface area (Å²) in [6.45, 7) is 7.45. The molecule has 0 N–H and O–H groups in total. The SMILES string of the molecule is CCOC(=O)[C@@H](Oc1ccc2c(C)c(C)c(=O)oc2c1C)c1ccccc1. The maximum atomic E-state index is 12.5. The number of rotatable bonds is 5. The summed E-state index contributed by atoms with van der Waals surface area (Å²) in [6, 6.07) is 12.8. The molecule has 0 spiro atoms. The number of ether oxygens (including phenoxy) is 2. The van der Waals surface area contributed by atoms with Crippen LogP contribution in [0.5, 0.6) is 5.75 Å². The molecule has 3 aromatic rings. The van der Waals surface area contributed by atoms with Crippen LogP contribution in [0.3, 0.4) is 0 Å². The molecule has 1 atom stereocenters. The second-order valence-electron chi connectivity index (χ2n) is 6.37. The number of benzene rings is 2. The minimum absolute atomic E-state index is 0.260. The van der Waals surface area contributed by atoms with E-state index < -0.39 is 12.1 Å². The van der Waals surface area contributed by atoms with Crippen LogP contribution in [0.25, 0.3) is 11.0 Å². The standard InChI is InChI=1S/C22H22O5/c1-5-25-22(24)20(16-9-7-6-8-10-16)26-18-12-11-17-13(2)14(3)21(23)27-19(17)15(18)4/h6-12,20H,5H2,1-4H3/t20-/m0/s1. The third kappa shape index (κ3) is 3.58. The number of fused-ring (bicyclic) bond motifs is 1. The molecule has 0 saturated heterocycles. The van der Waals surface area contributed by atoms with Crippen LogP contribution in [0.1, 0.15) is 35.3 Å². The van der Waals surface area contributed by atoms with Gasteiger partial charge in [0.2, 0.25) is 6.10 Å². The summed E-state index contributed by atoms with van der Waals surface area (Å²) in [6.07, 6.45) is -0.902. The van der Waals surface area contributed by atoms with Crippen LogP contribution in [0.2, 0.25) is 0 Å². The Labute approximate surface area is 157 Å². The van der Waals surface area contributed by atoms with E-state index in [2.05, 4.69) is 0 Å². The van der Waals surface area contributed by atoms with E-state index in [0.717, 1.165) is 10.9 Å². The molecule has 5 nitrogen and oxygen atoms in total. The van der Waals surface area contributed by atoms with E-state index in [9.17, 15) is 9.59 Å². The molecule has 0 aliphatic rings. The first-order valence-electron chi connectivity index (χ1n) is 8.85. The summed E-state index contributed by atoms with van der Waals surface area (Å²) in [7, 11) is 0. The molecule has 0 bridgehead atoms. The smallest absolute Gasteiger partial charge is 0.352 e. The Balaban J connectivity index is 2.07. The lowest BCUT2D eigenvalue weighted by Gasteiger charge is -2.20. The molecular weight excluding hydrogens is 344 g/mol. The van der Waals surface area contributed by atoms with E-state index >= 15 is 0 Å². The second-order valence-corrected chi connectivity index (χ2v) is 6.37. The fourth-order valence-corrected chi connectivity index (χ4v) is 2.98. The van der Waals surface area contributed by atoms with Crippen molar-refractivity contribution in [2.75, 3.05) is 6.61 Å². The van der Waals surface area contributed by atoms with Crippen molar-refractivity contribution in [3.05, 3.63) is 75.1 Å². The highest BCUT2D eigenvalue weighted by Crippen LogP contribution is 2.32. The van der Waals surface area contributed by atoms with Gasteiger partial charge in [-0.1, -0.05) is 30.3 Å². The summed E-state index contributed by atoms with van der Waals surface area (Å²) >= 11 is 0. The van der Waals surface area contributed by atoms with E-state index in [-0.39, 0.29) is 12.2 Å². The lowest BCUT2D eigenvalue weighted by atomic mass is 10.0. The Hall–Kier alpha value is -3.08. The zero-order chi connectivity index (χ0) is 19.6. The molecule has 0 aliphatic carbocycles. The highest BCUT2D eigenvalue weighted by molar-refractivity contribution is 5.86. The molecule has 1 heterocycles. The van der Waals surface area contributed by atoms with Crippen molar-refractivity contribution >= 4 is 16.9 Å². The van der Waals surface area contributed by atoms with Crippen LogP contribution in [0.4, 0.5) is 0 Å². The van der Waals surface area contributed by atoms with Crippen molar-refractivity contribution in [2.24, 2.45) is 0 Å². The van der Waals surface area contributed by atoms with Crippen LogP contribution in [0.15, 0.2) is 51.7 Å². The average Bonchev–Trinajstić information content (AvgIpc) is 2.67. The van der Waals surface area contributed by atoms with Gasteiger partial charge in [0.25, 0.3) is 0 Å². The van der Waals surface area contributed by atoms with Gasteiger partial charge in [-0.15, -0.1) is 0 Å². The van der Waals surface area contributed by atoms with Crippen LogP contribution in [0, 0.1) is 20.8 Å². The molecule has 0 fully saturated rings. The monoisotopic (exact) mass is 366 g/mol. The quantitative estimate of drug-likeness (QED) is 0.494. The predicted molar refractivity (Wildman–Crippen MR) is 103 cm³/mol. The first kappa shape index (κ1) is 18.7. The molecule has 0 unspecified atom stereocenters. The molecule has 0 radical (unpaired) electrons. The largest absolute Gasteiger partial charge is 0.474 e. The van der Waals surface area contributed by atoms with Gasteiger partial charge in [0.05, 0.1) is 6.61 Å². The maximum Gasteiger partial charge on any atom is 0.352 e. The fourth-order valence-electron chi connectivity index (χ4n) is 2.98. The summed E-state index contributed by atoms with van der Waals surface area (Å²) in [4.78, 5) is 24.5. The average molecular weight is 366 g/mol. The molecule has 3 rings (SSSR count). The van der Waals surface area contributed by atoms with Crippen molar-refractivity contribution in [3.8, 4) is 5.75 Å². The van der Waals surface area contributed by atoms with Crippen molar-refractivity contribution in [2.45, 2.75) is 33.8 Å². The van der Waals surface area contributed by atoms with E-state index in [0.29, 0.717) is 28.0 Å². The van der Waals surface area contributed by atoms with Gasteiger partial charge in [-0.2, -0.15) is 0 Å². The Kier molecular flexibility index (Phi) is 5.31. The Morgan fingerprint density at radius 2 is 1.70 bits per heavy atom. The number of hydrogen-bond donors (Lipinski definition) is 0. The predicted octanol–water partition coefficient (Wildman–Crippen LogP) is 4.40. The van der Waals surface area contributed by atoms with Crippen LogP contribution in [-0.2, 0) is 9.53 Å². The van der Waals surface area contributed by atoms with Crippen molar-refractivity contribution in [1.82, 2.24) is 0 Å². The van der Waals surface area contributed by atoms with Gasteiger partial charge in [-0.25, -0.2) is 9.59 Å². The lowest BCUT2D eigenvalue weighted by Crippen LogP contribution is -2.21. The first-order valence-corrected chi connectivity index (χ1v) is 8.85. The third-order valence-electron chi connectivity index (χ3n) is 4.67. The van der Waals surface area contributed by atoms with Crippen LogP contribution >= 0.6 is 0 Å². The zero-order valence-electron chi connectivity index (χ0n) is 15.9. The minimum atomic E-state index is -0.902. The Morgan fingerprint density at radius 3 is 2.37 bits per heavy atom. The van der Waals surface area contributed by atoms with Gasteiger partial charge < -0.3 is 13.9 Å².